The van der Waals surface area contributed by atoms with Crippen LogP contribution in [0.2, 0.25) is 0 Å². The molecule has 0 bridgehead atoms. The lowest BCUT2D eigenvalue weighted by molar-refractivity contribution is -0.130. The van der Waals surface area contributed by atoms with Crippen molar-refractivity contribution in [3.8, 4) is 0 Å². The summed E-state index contributed by atoms with van der Waals surface area (Å²) in [5.41, 5.74) is 6.34. The van der Waals surface area contributed by atoms with Crippen LogP contribution in [-0.2, 0) is 16.0 Å². The molecule has 0 radical (unpaired) electrons. The number of thiocarbonyl (C=S) groups is 1. The molecule has 1 aliphatic rings. The van der Waals surface area contributed by atoms with Crippen molar-refractivity contribution in [1.82, 2.24) is 21.5 Å². The van der Waals surface area contributed by atoms with Crippen molar-refractivity contribution in [2.75, 3.05) is 0 Å². The molecule has 0 aliphatic heterocycles. The van der Waals surface area contributed by atoms with E-state index in [4.69, 9.17) is 12.2 Å². The largest absolute Gasteiger partial charge is 0.358 e. The summed E-state index contributed by atoms with van der Waals surface area (Å²) >= 11 is 5.35. The molecule has 1 aromatic rings. The molecule has 0 unspecified atom stereocenters. The van der Waals surface area contributed by atoms with Crippen LogP contribution in [0.3, 0.4) is 0 Å². The lowest BCUT2D eigenvalue weighted by Gasteiger charge is -2.35. The van der Waals surface area contributed by atoms with Gasteiger partial charge in [-0.05, 0) is 42.0 Å². The average Bonchev–Trinajstić information content (AvgIpc) is 2.68. The third-order valence-electron chi connectivity index (χ3n) is 5.80. The second-order valence-electron chi connectivity index (χ2n) is 8.41. The SMILES string of the molecule is CC(C)[C@H](NC(=O)Cc1ccccc1)C(=O)NNC(=S)N[C@@H]1CCC[C@@H](C)[C@H]1C. The van der Waals surface area contributed by atoms with Crippen molar-refractivity contribution in [3.63, 3.8) is 0 Å². The summed E-state index contributed by atoms with van der Waals surface area (Å²) in [4.78, 5) is 25.0. The van der Waals surface area contributed by atoms with Gasteiger partial charge in [0.15, 0.2) is 5.11 Å². The molecule has 0 aromatic heterocycles. The Kier molecular flexibility index (Phi) is 8.89. The highest BCUT2D eigenvalue weighted by Crippen LogP contribution is 2.29. The summed E-state index contributed by atoms with van der Waals surface area (Å²) in [5.74, 6) is 0.632. The van der Waals surface area contributed by atoms with E-state index in [1.54, 1.807) is 0 Å². The van der Waals surface area contributed by atoms with Gasteiger partial charge in [0.05, 0.1) is 6.42 Å². The van der Waals surface area contributed by atoms with Crippen LogP contribution in [0.1, 0.15) is 52.5 Å². The Labute approximate surface area is 179 Å². The topological polar surface area (TPSA) is 82.3 Å². The number of rotatable bonds is 6. The molecule has 4 N–H and O–H groups in total. The zero-order chi connectivity index (χ0) is 21.4. The van der Waals surface area contributed by atoms with Gasteiger partial charge in [-0.2, -0.15) is 0 Å². The summed E-state index contributed by atoms with van der Waals surface area (Å²) in [6, 6.07) is 9.13. The van der Waals surface area contributed by atoms with Gasteiger partial charge in [-0.15, -0.1) is 0 Å². The predicted octanol–water partition coefficient (Wildman–Crippen LogP) is 2.69. The van der Waals surface area contributed by atoms with E-state index >= 15 is 0 Å². The molecule has 1 fully saturated rings. The van der Waals surface area contributed by atoms with E-state index in [-0.39, 0.29) is 24.2 Å². The first-order valence-corrected chi connectivity index (χ1v) is 10.9. The molecule has 29 heavy (non-hydrogen) atoms. The average molecular weight is 419 g/mol. The summed E-state index contributed by atoms with van der Waals surface area (Å²) < 4.78 is 0. The predicted molar refractivity (Wildman–Crippen MR) is 120 cm³/mol. The molecule has 2 rings (SSSR count). The van der Waals surface area contributed by atoms with Crippen LogP contribution in [-0.4, -0.2) is 29.0 Å². The zero-order valence-electron chi connectivity index (χ0n) is 17.8. The molecule has 1 aliphatic carbocycles. The fourth-order valence-corrected chi connectivity index (χ4v) is 3.93. The molecule has 0 spiro atoms. The van der Waals surface area contributed by atoms with Crippen molar-refractivity contribution < 1.29 is 9.59 Å². The molecule has 0 saturated heterocycles. The van der Waals surface area contributed by atoms with Gasteiger partial charge in [-0.3, -0.25) is 20.4 Å². The molecular weight excluding hydrogens is 384 g/mol. The monoisotopic (exact) mass is 418 g/mol. The van der Waals surface area contributed by atoms with E-state index in [1.165, 1.54) is 12.8 Å². The van der Waals surface area contributed by atoms with Crippen molar-refractivity contribution in [2.24, 2.45) is 17.8 Å². The number of hydrogen-bond acceptors (Lipinski definition) is 3. The van der Waals surface area contributed by atoms with Gasteiger partial charge in [0.25, 0.3) is 5.91 Å². The van der Waals surface area contributed by atoms with E-state index in [9.17, 15) is 9.59 Å². The van der Waals surface area contributed by atoms with E-state index in [2.05, 4.69) is 35.3 Å². The first-order valence-electron chi connectivity index (χ1n) is 10.5. The molecule has 2 amide bonds. The van der Waals surface area contributed by atoms with Crippen LogP contribution >= 0.6 is 12.2 Å². The summed E-state index contributed by atoms with van der Waals surface area (Å²) in [7, 11) is 0. The highest BCUT2D eigenvalue weighted by Gasteiger charge is 2.28. The molecular formula is C22H34N4O2S. The van der Waals surface area contributed by atoms with E-state index in [0.717, 1.165) is 12.0 Å². The zero-order valence-corrected chi connectivity index (χ0v) is 18.6. The molecule has 1 saturated carbocycles. The number of carbonyl (C=O) groups is 2. The second-order valence-corrected chi connectivity index (χ2v) is 8.82. The van der Waals surface area contributed by atoms with Gasteiger partial charge in [0.2, 0.25) is 5.91 Å². The Morgan fingerprint density at radius 2 is 1.79 bits per heavy atom. The molecule has 7 heteroatoms. The van der Waals surface area contributed by atoms with Crippen LogP contribution < -0.4 is 21.5 Å². The van der Waals surface area contributed by atoms with Gasteiger partial charge in [-0.1, -0.05) is 70.9 Å². The number of nitrogens with one attached hydrogen (secondary N) is 4. The number of amides is 2. The first-order chi connectivity index (χ1) is 13.8. The Bertz CT molecular complexity index is 695. The molecule has 160 valence electrons. The fourth-order valence-electron chi connectivity index (χ4n) is 3.73. The summed E-state index contributed by atoms with van der Waals surface area (Å²) in [5, 5.41) is 6.55. The smallest absolute Gasteiger partial charge is 0.261 e. The van der Waals surface area contributed by atoms with Crippen LogP contribution in [0.4, 0.5) is 0 Å². The van der Waals surface area contributed by atoms with Crippen molar-refractivity contribution in [2.45, 2.75) is 65.5 Å². The Balaban J connectivity index is 1.82. The van der Waals surface area contributed by atoms with E-state index < -0.39 is 6.04 Å². The highest BCUT2D eigenvalue weighted by atomic mass is 32.1. The number of hydrazine groups is 1. The minimum Gasteiger partial charge on any atom is -0.358 e. The molecule has 1 aromatic carbocycles. The lowest BCUT2D eigenvalue weighted by atomic mass is 9.78. The van der Waals surface area contributed by atoms with Crippen LogP contribution in [0.25, 0.3) is 0 Å². The van der Waals surface area contributed by atoms with Crippen LogP contribution in [0.15, 0.2) is 30.3 Å². The minimum atomic E-state index is -0.643. The Hall–Kier alpha value is -2.15. The number of carbonyl (C=O) groups excluding carboxylic acids is 2. The van der Waals surface area contributed by atoms with Gasteiger partial charge >= 0.3 is 0 Å². The minimum absolute atomic E-state index is 0.0581. The third-order valence-corrected chi connectivity index (χ3v) is 6.02. The maximum atomic E-state index is 12.6. The molecule has 0 heterocycles. The van der Waals surface area contributed by atoms with E-state index in [1.807, 2.05) is 44.2 Å². The van der Waals surface area contributed by atoms with Crippen molar-refractivity contribution in [1.29, 1.82) is 0 Å². The Morgan fingerprint density at radius 3 is 2.45 bits per heavy atom. The second kappa shape index (κ2) is 11.1. The van der Waals surface area contributed by atoms with Crippen molar-refractivity contribution >= 4 is 29.1 Å². The van der Waals surface area contributed by atoms with Gasteiger partial charge in [0.1, 0.15) is 6.04 Å². The van der Waals surface area contributed by atoms with Gasteiger partial charge < -0.3 is 10.6 Å². The lowest BCUT2D eigenvalue weighted by Crippen LogP contribution is -2.57. The van der Waals surface area contributed by atoms with Gasteiger partial charge in [-0.25, -0.2) is 0 Å². The first kappa shape index (κ1) is 23.1. The maximum absolute atomic E-state index is 12.6. The fraction of sp³-hybridized carbons (Fsp3) is 0.591. The van der Waals surface area contributed by atoms with Gasteiger partial charge in [0, 0.05) is 6.04 Å². The Morgan fingerprint density at radius 1 is 1.10 bits per heavy atom. The maximum Gasteiger partial charge on any atom is 0.261 e. The van der Waals surface area contributed by atoms with E-state index in [0.29, 0.717) is 23.0 Å². The number of benzene rings is 1. The van der Waals surface area contributed by atoms with Crippen molar-refractivity contribution in [3.05, 3.63) is 35.9 Å². The normalized spacial score (nSPS) is 22.4. The van der Waals surface area contributed by atoms with Crippen LogP contribution in [0, 0.1) is 17.8 Å². The quantitative estimate of drug-likeness (QED) is 0.422. The summed E-state index contributed by atoms with van der Waals surface area (Å²) in [6.45, 7) is 8.30. The van der Waals surface area contributed by atoms with Crippen LogP contribution in [0.5, 0.6) is 0 Å². The molecule has 4 atom stereocenters. The third kappa shape index (κ3) is 7.31. The number of hydrogen-bond donors (Lipinski definition) is 4. The summed E-state index contributed by atoms with van der Waals surface area (Å²) in [6.07, 6.45) is 3.74. The highest BCUT2D eigenvalue weighted by molar-refractivity contribution is 7.80. The molecule has 6 nitrogen and oxygen atoms in total. The standard InChI is InChI=1S/C22H34N4O2S/c1-14(2)20(24-19(27)13-17-10-6-5-7-11-17)21(28)25-26-22(29)23-18-12-8-9-15(3)16(18)4/h5-7,10-11,14-16,18,20H,8-9,12-13H2,1-4H3,(H,24,27)(H,25,28)(H2,23,26,29)/t15-,16-,18-,20+/m1/s1.